The molecule has 2 aromatic rings. The third-order valence-electron chi connectivity index (χ3n) is 6.09. The molecule has 0 aliphatic carbocycles. The number of nitrogens with zero attached hydrogens (tertiary/aromatic N) is 4. The zero-order valence-corrected chi connectivity index (χ0v) is 19.0. The van der Waals surface area contributed by atoms with Gasteiger partial charge in [-0.2, -0.15) is 0 Å². The van der Waals surface area contributed by atoms with Crippen molar-refractivity contribution in [2.24, 2.45) is 0 Å². The summed E-state index contributed by atoms with van der Waals surface area (Å²) in [6, 6.07) is 7.68. The number of benzene rings is 1. The van der Waals surface area contributed by atoms with Gasteiger partial charge in [0.15, 0.2) is 0 Å². The molecular formula is C24H30N4O4. The predicted octanol–water partition coefficient (Wildman–Crippen LogP) is 2.80. The van der Waals surface area contributed by atoms with E-state index in [9.17, 15) is 9.59 Å². The number of aryl methyl sites for hydroxylation is 1. The third kappa shape index (κ3) is 4.91. The van der Waals surface area contributed by atoms with Crippen molar-refractivity contribution in [2.75, 3.05) is 25.7 Å². The summed E-state index contributed by atoms with van der Waals surface area (Å²) < 4.78 is 10.9. The lowest BCUT2D eigenvalue weighted by molar-refractivity contribution is -0.132. The molecule has 0 radical (unpaired) electrons. The number of methoxy groups -OCH3 is 1. The number of anilines is 1. The van der Waals surface area contributed by atoms with Gasteiger partial charge in [0.05, 0.1) is 32.7 Å². The summed E-state index contributed by atoms with van der Waals surface area (Å²) >= 11 is 0. The molecule has 0 spiro atoms. The standard InChI is InChI=1S/C24H30N4O4/c1-16-20-9-10-22(29)28(14-17-6-4-7-18(12-17)31-3)24(20)26-21(25-16)15-27(2)23(30)13-19-8-5-11-32-19/h4,6-7,12,19H,5,8-11,13-15H2,1-3H3. The molecule has 1 saturated heterocycles. The molecule has 2 aliphatic heterocycles. The van der Waals surface area contributed by atoms with Crippen LogP contribution in [0.25, 0.3) is 0 Å². The first-order chi connectivity index (χ1) is 15.4. The van der Waals surface area contributed by atoms with Gasteiger partial charge in [-0.3, -0.25) is 14.5 Å². The summed E-state index contributed by atoms with van der Waals surface area (Å²) in [4.78, 5) is 38.2. The SMILES string of the molecule is COc1cccc(CN2C(=O)CCc3c(C)nc(CN(C)C(=O)CC4CCCO4)nc32)c1. The zero-order valence-electron chi connectivity index (χ0n) is 19.0. The van der Waals surface area contributed by atoms with E-state index in [0.29, 0.717) is 44.0 Å². The molecule has 1 fully saturated rings. The lowest BCUT2D eigenvalue weighted by Gasteiger charge is -2.30. The Bertz CT molecular complexity index is 1000. The van der Waals surface area contributed by atoms with Crippen LogP contribution in [0.1, 0.15) is 48.3 Å². The molecule has 170 valence electrons. The van der Waals surface area contributed by atoms with E-state index in [4.69, 9.17) is 14.5 Å². The number of amides is 2. The topological polar surface area (TPSA) is 84.9 Å². The number of rotatable bonds is 7. The summed E-state index contributed by atoms with van der Waals surface area (Å²) in [5.41, 5.74) is 2.81. The maximum atomic E-state index is 12.8. The van der Waals surface area contributed by atoms with E-state index in [-0.39, 0.29) is 17.9 Å². The van der Waals surface area contributed by atoms with Gasteiger partial charge in [0.1, 0.15) is 17.4 Å². The molecule has 3 heterocycles. The maximum absolute atomic E-state index is 12.8. The van der Waals surface area contributed by atoms with Gasteiger partial charge in [0.25, 0.3) is 0 Å². The summed E-state index contributed by atoms with van der Waals surface area (Å²) in [7, 11) is 3.38. The van der Waals surface area contributed by atoms with Gasteiger partial charge in [-0.1, -0.05) is 12.1 Å². The number of carbonyl (C=O) groups is 2. The first-order valence-electron chi connectivity index (χ1n) is 11.1. The first-order valence-corrected chi connectivity index (χ1v) is 11.1. The molecule has 0 bridgehead atoms. The Morgan fingerprint density at radius 3 is 2.91 bits per heavy atom. The number of carbonyl (C=O) groups excluding carboxylic acids is 2. The van der Waals surface area contributed by atoms with Crippen LogP contribution in [-0.2, 0) is 33.8 Å². The van der Waals surface area contributed by atoms with Crippen molar-refractivity contribution < 1.29 is 19.1 Å². The summed E-state index contributed by atoms with van der Waals surface area (Å²) in [5.74, 6) is 1.98. The van der Waals surface area contributed by atoms with Gasteiger partial charge in [0.2, 0.25) is 11.8 Å². The van der Waals surface area contributed by atoms with Gasteiger partial charge in [0, 0.05) is 31.3 Å². The highest BCUT2D eigenvalue weighted by Gasteiger charge is 2.29. The number of fused-ring (bicyclic) bond motifs is 1. The second kappa shape index (κ2) is 9.65. The molecule has 0 N–H and O–H groups in total. The van der Waals surface area contributed by atoms with Gasteiger partial charge >= 0.3 is 0 Å². The van der Waals surface area contributed by atoms with Crippen molar-refractivity contribution in [1.82, 2.24) is 14.9 Å². The Morgan fingerprint density at radius 1 is 1.31 bits per heavy atom. The Kier molecular flexibility index (Phi) is 6.69. The van der Waals surface area contributed by atoms with Crippen molar-refractivity contribution in [3.05, 3.63) is 46.9 Å². The Morgan fingerprint density at radius 2 is 2.16 bits per heavy atom. The minimum Gasteiger partial charge on any atom is -0.497 e. The number of ether oxygens (including phenoxy) is 2. The third-order valence-corrected chi connectivity index (χ3v) is 6.09. The fraction of sp³-hybridized carbons (Fsp3) is 0.500. The maximum Gasteiger partial charge on any atom is 0.228 e. The molecule has 0 saturated carbocycles. The second-order valence-corrected chi connectivity index (χ2v) is 8.45. The highest BCUT2D eigenvalue weighted by molar-refractivity contribution is 5.95. The van der Waals surface area contributed by atoms with E-state index < -0.39 is 0 Å². The minimum atomic E-state index is 0.00659. The molecule has 4 rings (SSSR count). The van der Waals surface area contributed by atoms with Gasteiger partial charge < -0.3 is 14.4 Å². The molecule has 1 aromatic carbocycles. The van der Waals surface area contributed by atoms with Crippen molar-refractivity contribution in [3.8, 4) is 5.75 Å². The van der Waals surface area contributed by atoms with Crippen LogP contribution >= 0.6 is 0 Å². The monoisotopic (exact) mass is 438 g/mol. The Labute approximate surface area is 188 Å². The van der Waals surface area contributed by atoms with Crippen LogP contribution in [0.15, 0.2) is 24.3 Å². The van der Waals surface area contributed by atoms with E-state index in [0.717, 1.165) is 42.0 Å². The van der Waals surface area contributed by atoms with Crippen LogP contribution in [-0.4, -0.2) is 53.6 Å². The Balaban J connectivity index is 1.54. The van der Waals surface area contributed by atoms with Gasteiger partial charge in [-0.15, -0.1) is 0 Å². The molecule has 1 unspecified atom stereocenters. The van der Waals surface area contributed by atoms with E-state index >= 15 is 0 Å². The van der Waals surface area contributed by atoms with Gasteiger partial charge in [-0.25, -0.2) is 9.97 Å². The minimum absolute atomic E-state index is 0.00659. The van der Waals surface area contributed by atoms with Crippen LogP contribution in [0.4, 0.5) is 5.82 Å². The fourth-order valence-corrected chi connectivity index (χ4v) is 4.28. The summed E-state index contributed by atoms with van der Waals surface area (Å²) in [6.07, 6.45) is 3.37. The number of hydrogen-bond acceptors (Lipinski definition) is 6. The summed E-state index contributed by atoms with van der Waals surface area (Å²) in [5, 5.41) is 0. The molecule has 8 nitrogen and oxygen atoms in total. The zero-order chi connectivity index (χ0) is 22.7. The second-order valence-electron chi connectivity index (χ2n) is 8.45. The average molecular weight is 439 g/mol. The van der Waals surface area contributed by atoms with Crippen molar-refractivity contribution in [1.29, 1.82) is 0 Å². The molecule has 2 amide bonds. The highest BCUT2D eigenvalue weighted by atomic mass is 16.5. The lowest BCUT2D eigenvalue weighted by atomic mass is 10.0. The highest BCUT2D eigenvalue weighted by Crippen LogP contribution is 2.30. The van der Waals surface area contributed by atoms with E-state index in [1.165, 1.54) is 0 Å². The molecular weight excluding hydrogens is 408 g/mol. The number of hydrogen-bond donors (Lipinski definition) is 0. The van der Waals surface area contributed by atoms with Crippen molar-refractivity contribution in [2.45, 2.75) is 58.2 Å². The molecule has 1 atom stereocenters. The van der Waals surface area contributed by atoms with E-state index in [1.807, 2.05) is 31.2 Å². The molecule has 32 heavy (non-hydrogen) atoms. The fourth-order valence-electron chi connectivity index (χ4n) is 4.28. The smallest absolute Gasteiger partial charge is 0.228 e. The van der Waals surface area contributed by atoms with Crippen LogP contribution in [0.2, 0.25) is 0 Å². The first kappa shape index (κ1) is 22.2. The average Bonchev–Trinajstić information content (AvgIpc) is 3.29. The van der Waals surface area contributed by atoms with E-state index in [2.05, 4.69) is 4.98 Å². The summed E-state index contributed by atoms with van der Waals surface area (Å²) in [6.45, 7) is 3.37. The molecule has 2 aliphatic rings. The lowest BCUT2D eigenvalue weighted by Crippen LogP contribution is -2.37. The predicted molar refractivity (Wildman–Crippen MR) is 119 cm³/mol. The van der Waals surface area contributed by atoms with Crippen LogP contribution in [0, 0.1) is 6.92 Å². The normalized spacial score (nSPS) is 17.9. The van der Waals surface area contributed by atoms with Crippen LogP contribution in [0.5, 0.6) is 5.75 Å². The molecule has 1 aromatic heterocycles. The largest absolute Gasteiger partial charge is 0.497 e. The molecule has 8 heteroatoms. The van der Waals surface area contributed by atoms with Gasteiger partial charge in [-0.05, 0) is 43.9 Å². The van der Waals surface area contributed by atoms with Crippen LogP contribution < -0.4 is 9.64 Å². The van der Waals surface area contributed by atoms with Crippen molar-refractivity contribution >= 4 is 17.6 Å². The van der Waals surface area contributed by atoms with Crippen molar-refractivity contribution in [3.63, 3.8) is 0 Å². The Hall–Kier alpha value is -3.00. The quantitative estimate of drug-likeness (QED) is 0.661. The number of aromatic nitrogens is 2. The van der Waals surface area contributed by atoms with E-state index in [1.54, 1.807) is 24.0 Å². The van der Waals surface area contributed by atoms with Crippen LogP contribution in [0.3, 0.4) is 0 Å².